The van der Waals surface area contributed by atoms with Gasteiger partial charge in [-0.25, -0.2) is 9.59 Å². The average molecular weight is 625 g/mol. The molecule has 1 saturated heterocycles. The fourth-order valence-electron chi connectivity index (χ4n) is 4.24. The number of aromatic amines is 1. The number of aliphatic hydroxyl groups excluding tert-OH is 1. The molecule has 14 nitrogen and oxygen atoms in total. The van der Waals surface area contributed by atoms with Gasteiger partial charge >= 0.3 is 28.0 Å². The second kappa shape index (κ2) is 13.0. The van der Waals surface area contributed by atoms with Crippen molar-refractivity contribution in [3.05, 3.63) is 68.5 Å². The summed E-state index contributed by atoms with van der Waals surface area (Å²) in [7, 11) is -4.83. The van der Waals surface area contributed by atoms with Crippen LogP contribution in [0.4, 0.5) is 4.79 Å². The quantitative estimate of drug-likeness (QED) is 0.345. The van der Waals surface area contributed by atoms with Crippen molar-refractivity contribution in [2.75, 3.05) is 6.54 Å². The number of carbonyl (C=O) groups excluding carboxylic acids is 2. The Bertz CT molecular complexity index is 1520. The Labute approximate surface area is 250 Å². The summed E-state index contributed by atoms with van der Waals surface area (Å²) in [5.41, 5.74) is -2.55. The van der Waals surface area contributed by atoms with Gasteiger partial charge in [-0.1, -0.05) is 30.3 Å². The summed E-state index contributed by atoms with van der Waals surface area (Å²) >= 11 is 0. The molecule has 0 bridgehead atoms. The summed E-state index contributed by atoms with van der Waals surface area (Å²) in [6, 6.07) is 7.21. The normalized spacial score (nSPS) is 20.0. The van der Waals surface area contributed by atoms with Gasteiger partial charge in [0.15, 0.2) is 0 Å². The molecule has 4 atom stereocenters. The molecule has 3 N–H and O–H groups in total. The second-order valence-corrected chi connectivity index (χ2v) is 13.9. The van der Waals surface area contributed by atoms with E-state index in [1.54, 1.807) is 71.9 Å². The number of hydrogen-bond acceptors (Lipinski definition) is 10. The Morgan fingerprint density at radius 3 is 2.30 bits per heavy atom. The molecule has 238 valence electrons. The summed E-state index contributed by atoms with van der Waals surface area (Å²) in [5, 5.41) is 10.8. The van der Waals surface area contributed by atoms with Crippen LogP contribution in [-0.4, -0.2) is 75.4 Å². The van der Waals surface area contributed by atoms with Gasteiger partial charge in [-0.05, 0) is 60.5 Å². The maximum atomic E-state index is 13.8. The van der Waals surface area contributed by atoms with E-state index in [1.807, 2.05) is 0 Å². The van der Waals surface area contributed by atoms with Crippen molar-refractivity contribution in [2.24, 2.45) is 0 Å². The SMILES string of the molecule is Cc1cn([C@H]2C[C@H](O)[C@@H](CN(C(=O)OC(C)(C)C)S(=O)(=O)N[C@@H](Cc3ccccc3)C(=O)OC(C)(C)C)O2)c(=O)[nH]c1=O. The molecule has 1 aromatic carbocycles. The predicted molar refractivity (Wildman–Crippen MR) is 155 cm³/mol. The van der Waals surface area contributed by atoms with Gasteiger partial charge in [0.1, 0.15) is 29.6 Å². The first-order valence-corrected chi connectivity index (χ1v) is 15.1. The zero-order chi connectivity index (χ0) is 32.3. The molecule has 0 saturated carbocycles. The minimum absolute atomic E-state index is 0.0871. The molecule has 1 aromatic heterocycles. The Kier molecular flexibility index (Phi) is 10.3. The van der Waals surface area contributed by atoms with E-state index in [2.05, 4.69) is 9.71 Å². The first kappa shape index (κ1) is 34.0. The highest BCUT2D eigenvalue weighted by atomic mass is 32.2. The first-order valence-electron chi connectivity index (χ1n) is 13.7. The fraction of sp³-hybridized carbons (Fsp3) is 0.571. The number of ether oxygens (including phenoxy) is 3. The van der Waals surface area contributed by atoms with Crippen LogP contribution in [0.2, 0.25) is 0 Å². The largest absolute Gasteiger partial charge is 0.459 e. The highest BCUT2D eigenvalue weighted by Crippen LogP contribution is 2.29. The summed E-state index contributed by atoms with van der Waals surface area (Å²) in [4.78, 5) is 52.7. The molecule has 0 radical (unpaired) electrons. The molecule has 1 fully saturated rings. The van der Waals surface area contributed by atoms with E-state index in [0.29, 0.717) is 9.87 Å². The topological polar surface area (TPSA) is 186 Å². The average Bonchev–Trinajstić information content (AvgIpc) is 3.22. The van der Waals surface area contributed by atoms with Crippen molar-refractivity contribution >= 4 is 22.3 Å². The van der Waals surface area contributed by atoms with Crippen LogP contribution in [-0.2, 0) is 35.6 Å². The molecule has 43 heavy (non-hydrogen) atoms. The van der Waals surface area contributed by atoms with Crippen LogP contribution in [0.15, 0.2) is 46.1 Å². The lowest BCUT2D eigenvalue weighted by atomic mass is 10.1. The number of nitrogens with zero attached hydrogens (tertiary/aromatic N) is 2. The van der Waals surface area contributed by atoms with E-state index >= 15 is 0 Å². The van der Waals surface area contributed by atoms with Crippen LogP contribution >= 0.6 is 0 Å². The Morgan fingerprint density at radius 2 is 1.72 bits per heavy atom. The molecular weight excluding hydrogens is 584 g/mol. The highest BCUT2D eigenvalue weighted by molar-refractivity contribution is 7.87. The van der Waals surface area contributed by atoms with Gasteiger partial charge in [0, 0.05) is 18.2 Å². The molecule has 1 amide bonds. The summed E-state index contributed by atoms with van der Waals surface area (Å²) in [5.74, 6) is -0.867. The van der Waals surface area contributed by atoms with Gasteiger partial charge in [-0.2, -0.15) is 17.4 Å². The third-order valence-electron chi connectivity index (χ3n) is 6.16. The molecule has 0 unspecified atom stereocenters. The number of carbonyl (C=O) groups is 2. The van der Waals surface area contributed by atoms with Gasteiger partial charge in [0.2, 0.25) is 0 Å². The number of aliphatic hydroxyl groups is 1. The second-order valence-electron chi connectivity index (χ2n) is 12.3. The van der Waals surface area contributed by atoms with Crippen molar-refractivity contribution in [1.82, 2.24) is 18.6 Å². The van der Waals surface area contributed by atoms with Crippen molar-refractivity contribution in [1.29, 1.82) is 0 Å². The smallest absolute Gasteiger partial charge is 0.425 e. The van der Waals surface area contributed by atoms with Crippen LogP contribution < -0.4 is 16.0 Å². The molecule has 3 rings (SSSR count). The maximum absolute atomic E-state index is 13.8. The Balaban J connectivity index is 1.93. The van der Waals surface area contributed by atoms with E-state index < -0.39 is 75.7 Å². The van der Waals surface area contributed by atoms with Crippen LogP contribution in [0.5, 0.6) is 0 Å². The molecule has 0 aliphatic carbocycles. The minimum atomic E-state index is -4.83. The van der Waals surface area contributed by atoms with Gasteiger partial charge < -0.3 is 19.3 Å². The van der Waals surface area contributed by atoms with E-state index in [0.717, 1.165) is 4.57 Å². The molecule has 2 heterocycles. The molecule has 2 aromatic rings. The van der Waals surface area contributed by atoms with Crippen molar-refractivity contribution in [2.45, 2.75) is 97.0 Å². The van der Waals surface area contributed by atoms with Crippen molar-refractivity contribution < 1.29 is 37.3 Å². The van der Waals surface area contributed by atoms with E-state index in [-0.39, 0.29) is 18.4 Å². The Hall–Kier alpha value is -3.53. The number of aryl methyl sites for hydroxylation is 1. The number of aromatic nitrogens is 2. The van der Waals surface area contributed by atoms with E-state index in [4.69, 9.17) is 14.2 Å². The number of H-pyrrole nitrogens is 1. The zero-order valence-electron chi connectivity index (χ0n) is 25.3. The standard InChI is InChI=1S/C28H40N4O10S/c1-17-15-31(25(36)29-23(17)34)22-14-20(33)21(40-22)16-32(26(37)42-28(5,6)7)43(38,39)30-19(24(35)41-27(2,3)4)13-18-11-9-8-10-12-18/h8-12,15,19-22,30,33H,13-14,16H2,1-7H3,(H,29,34,36)/t19-,20-,21+,22+/m0/s1. The lowest BCUT2D eigenvalue weighted by molar-refractivity contribution is -0.156. The van der Waals surface area contributed by atoms with E-state index in [9.17, 15) is 32.7 Å². The number of nitrogens with one attached hydrogen (secondary N) is 2. The van der Waals surface area contributed by atoms with Gasteiger partial charge in [-0.15, -0.1) is 0 Å². The number of rotatable bonds is 9. The number of esters is 1. The third-order valence-corrected chi connectivity index (χ3v) is 7.62. The van der Waals surface area contributed by atoms with Gasteiger partial charge in [0.05, 0.1) is 12.6 Å². The number of amides is 1. The van der Waals surface area contributed by atoms with Crippen LogP contribution in [0, 0.1) is 6.92 Å². The molecular formula is C28H40N4O10S. The van der Waals surface area contributed by atoms with Crippen LogP contribution in [0.3, 0.4) is 0 Å². The Morgan fingerprint density at radius 1 is 1.12 bits per heavy atom. The predicted octanol–water partition coefficient (Wildman–Crippen LogP) is 1.52. The lowest BCUT2D eigenvalue weighted by Gasteiger charge is -2.31. The molecule has 1 aliphatic rings. The highest BCUT2D eigenvalue weighted by Gasteiger charge is 2.43. The molecule has 0 spiro atoms. The first-order chi connectivity index (χ1) is 19.8. The summed E-state index contributed by atoms with van der Waals surface area (Å²) in [6.45, 7) is 10.3. The minimum Gasteiger partial charge on any atom is -0.459 e. The van der Waals surface area contributed by atoms with Crippen molar-refractivity contribution in [3.8, 4) is 0 Å². The lowest BCUT2D eigenvalue weighted by Crippen LogP contribution is -2.55. The third kappa shape index (κ3) is 9.48. The molecule has 1 aliphatic heterocycles. The zero-order valence-corrected chi connectivity index (χ0v) is 26.1. The molecule has 15 heteroatoms. The summed E-state index contributed by atoms with van der Waals surface area (Å²) < 4.78 is 47.9. The fourth-order valence-corrected chi connectivity index (χ4v) is 5.48. The van der Waals surface area contributed by atoms with Gasteiger partial charge in [0.25, 0.3) is 5.56 Å². The number of benzene rings is 1. The van der Waals surface area contributed by atoms with Crippen LogP contribution in [0.25, 0.3) is 0 Å². The summed E-state index contributed by atoms with van der Waals surface area (Å²) in [6.07, 6.45) is -3.90. The maximum Gasteiger partial charge on any atom is 0.425 e. The van der Waals surface area contributed by atoms with Crippen LogP contribution in [0.1, 0.15) is 65.3 Å². The monoisotopic (exact) mass is 624 g/mol. The number of hydrogen-bond donors (Lipinski definition) is 3. The van der Waals surface area contributed by atoms with Gasteiger partial charge in [-0.3, -0.25) is 19.1 Å². The van der Waals surface area contributed by atoms with E-state index in [1.165, 1.54) is 13.1 Å². The van der Waals surface area contributed by atoms with Crippen molar-refractivity contribution in [3.63, 3.8) is 0 Å².